The predicted octanol–water partition coefficient (Wildman–Crippen LogP) is 4.80. The monoisotopic (exact) mass is 433 g/mol. The quantitative estimate of drug-likeness (QED) is 0.607. The van der Waals surface area contributed by atoms with E-state index in [1.54, 1.807) is 0 Å². The van der Waals surface area contributed by atoms with Crippen LogP contribution in [0.15, 0.2) is 47.3 Å². The summed E-state index contributed by atoms with van der Waals surface area (Å²) in [6, 6.07) is 14.7. The average molecular weight is 434 g/mol. The van der Waals surface area contributed by atoms with Gasteiger partial charge < -0.3 is 20.1 Å². The molecule has 0 spiro atoms. The Balaban J connectivity index is 1.55. The summed E-state index contributed by atoms with van der Waals surface area (Å²) in [5, 5.41) is 3.62. The number of fused-ring (bicyclic) bond motifs is 1. The Bertz CT molecular complexity index is 1100. The van der Waals surface area contributed by atoms with Crippen molar-refractivity contribution in [3.05, 3.63) is 52.9 Å². The lowest BCUT2D eigenvalue weighted by molar-refractivity contribution is 0.319. The molecule has 0 bridgehead atoms. The second-order valence-corrected chi connectivity index (χ2v) is 9.57. The van der Waals surface area contributed by atoms with Gasteiger partial charge in [-0.2, -0.15) is 0 Å². The Labute approximate surface area is 190 Å². The number of aromatic nitrogens is 2. The first-order valence-electron chi connectivity index (χ1n) is 12.2. The maximum atomic E-state index is 12.9. The molecule has 6 nitrogen and oxygen atoms in total. The first kappa shape index (κ1) is 21.1. The topological polar surface area (TPSA) is 56.3 Å². The molecular weight excluding hydrogens is 398 g/mol. The molecular formula is C26H35N5O. The van der Waals surface area contributed by atoms with Gasteiger partial charge in [0.05, 0.1) is 22.4 Å². The highest BCUT2D eigenvalue weighted by Crippen LogP contribution is 2.34. The fourth-order valence-corrected chi connectivity index (χ4v) is 5.33. The van der Waals surface area contributed by atoms with Crippen LogP contribution in [0, 0.1) is 5.92 Å². The van der Waals surface area contributed by atoms with Gasteiger partial charge in [0.1, 0.15) is 0 Å². The van der Waals surface area contributed by atoms with Gasteiger partial charge in [0.2, 0.25) is 0 Å². The van der Waals surface area contributed by atoms with Crippen molar-refractivity contribution in [1.82, 2.24) is 14.5 Å². The molecule has 2 N–H and O–H groups in total. The molecule has 0 radical (unpaired) electrons. The fraction of sp³-hybridized carbons (Fsp3) is 0.500. The van der Waals surface area contributed by atoms with Crippen LogP contribution in [-0.2, 0) is 6.54 Å². The molecule has 6 heteroatoms. The van der Waals surface area contributed by atoms with Crippen molar-refractivity contribution in [2.75, 3.05) is 43.4 Å². The van der Waals surface area contributed by atoms with E-state index in [9.17, 15) is 4.79 Å². The summed E-state index contributed by atoms with van der Waals surface area (Å²) in [7, 11) is 2.20. The van der Waals surface area contributed by atoms with Gasteiger partial charge in [-0.15, -0.1) is 0 Å². The Morgan fingerprint density at radius 3 is 2.59 bits per heavy atom. The summed E-state index contributed by atoms with van der Waals surface area (Å²) in [6.45, 7) is 5.01. The maximum absolute atomic E-state index is 12.9. The summed E-state index contributed by atoms with van der Waals surface area (Å²) in [5.41, 5.74) is 5.27. The molecule has 2 fully saturated rings. The van der Waals surface area contributed by atoms with E-state index in [4.69, 9.17) is 0 Å². The molecule has 2 heterocycles. The minimum absolute atomic E-state index is 0.0176. The Morgan fingerprint density at radius 1 is 0.969 bits per heavy atom. The molecule has 1 aromatic heterocycles. The zero-order chi connectivity index (χ0) is 21.9. The number of para-hydroxylation sites is 1. The predicted molar refractivity (Wildman–Crippen MR) is 133 cm³/mol. The van der Waals surface area contributed by atoms with Gasteiger partial charge in [0.15, 0.2) is 0 Å². The summed E-state index contributed by atoms with van der Waals surface area (Å²) in [4.78, 5) is 21.0. The Kier molecular flexibility index (Phi) is 6.21. The molecule has 0 amide bonds. The second-order valence-electron chi connectivity index (χ2n) is 9.57. The van der Waals surface area contributed by atoms with Crippen LogP contribution in [0.2, 0.25) is 0 Å². The SMILES string of the molecule is CN1CCCN(c2cc3c(cc2Nc2ccccc2)[nH]c(=O)n3CC2CCCCC2)CC1. The normalized spacial score (nSPS) is 18.7. The van der Waals surface area contributed by atoms with Crippen molar-refractivity contribution in [2.24, 2.45) is 5.92 Å². The smallest absolute Gasteiger partial charge is 0.326 e. The van der Waals surface area contributed by atoms with Gasteiger partial charge in [-0.1, -0.05) is 37.5 Å². The number of aromatic amines is 1. The number of anilines is 3. The van der Waals surface area contributed by atoms with Crippen LogP contribution in [0.4, 0.5) is 17.1 Å². The van der Waals surface area contributed by atoms with Crippen LogP contribution in [0.3, 0.4) is 0 Å². The highest BCUT2D eigenvalue weighted by molar-refractivity contribution is 5.90. The van der Waals surface area contributed by atoms with Crippen LogP contribution in [0.1, 0.15) is 38.5 Å². The van der Waals surface area contributed by atoms with Crippen molar-refractivity contribution < 1.29 is 0 Å². The van der Waals surface area contributed by atoms with Crippen molar-refractivity contribution >= 4 is 28.1 Å². The highest BCUT2D eigenvalue weighted by Gasteiger charge is 2.21. The summed E-state index contributed by atoms with van der Waals surface area (Å²) in [5.74, 6) is 0.609. The fourth-order valence-electron chi connectivity index (χ4n) is 5.33. The number of nitrogens with one attached hydrogen (secondary N) is 2. The number of rotatable bonds is 5. The second kappa shape index (κ2) is 9.41. The van der Waals surface area contributed by atoms with E-state index in [0.717, 1.165) is 61.6 Å². The van der Waals surface area contributed by atoms with Crippen LogP contribution in [0.25, 0.3) is 11.0 Å². The minimum atomic E-state index is 0.0176. The first-order chi connectivity index (χ1) is 15.7. The lowest BCUT2D eigenvalue weighted by Crippen LogP contribution is -2.29. The highest BCUT2D eigenvalue weighted by atomic mass is 16.1. The zero-order valence-electron chi connectivity index (χ0n) is 19.1. The van der Waals surface area contributed by atoms with Gasteiger partial charge in [0, 0.05) is 31.9 Å². The van der Waals surface area contributed by atoms with Crippen LogP contribution in [0.5, 0.6) is 0 Å². The summed E-state index contributed by atoms with van der Waals surface area (Å²) < 4.78 is 1.99. The number of benzene rings is 2. The number of hydrogen-bond donors (Lipinski definition) is 2. The molecule has 1 aliphatic carbocycles. The minimum Gasteiger partial charge on any atom is -0.368 e. The summed E-state index contributed by atoms with van der Waals surface area (Å²) in [6.07, 6.45) is 7.53. The van der Waals surface area contributed by atoms with E-state index in [-0.39, 0.29) is 5.69 Å². The van der Waals surface area contributed by atoms with Crippen molar-refractivity contribution in [3.63, 3.8) is 0 Å². The molecule has 1 aliphatic heterocycles. The van der Waals surface area contributed by atoms with Crippen molar-refractivity contribution in [1.29, 1.82) is 0 Å². The number of hydrogen-bond acceptors (Lipinski definition) is 4. The number of imidazole rings is 1. The van der Waals surface area contributed by atoms with Gasteiger partial charge in [0.25, 0.3) is 0 Å². The molecule has 5 rings (SSSR count). The molecule has 0 unspecified atom stereocenters. The van der Waals surface area contributed by atoms with E-state index in [1.165, 1.54) is 37.8 Å². The molecule has 1 saturated carbocycles. The Hall–Kier alpha value is -2.73. The maximum Gasteiger partial charge on any atom is 0.326 e. The van der Waals surface area contributed by atoms with E-state index < -0.39 is 0 Å². The first-order valence-corrected chi connectivity index (χ1v) is 12.2. The molecule has 170 valence electrons. The molecule has 32 heavy (non-hydrogen) atoms. The van der Waals surface area contributed by atoms with Gasteiger partial charge >= 0.3 is 5.69 Å². The number of likely N-dealkylation sites (N-methyl/N-ethyl adjacent to an activating group) is 1. The zero-order valence-corrected chi connectivity index (χ0v) is 19.1. The number of H-pyrrole nitrogens is 1. The van der Waals surface area contributed by atoms with E-state index >= 15 is 0 Å². The van der Waals surface area contributed by atoms with Crippen molar-refractivity contribution in [2.45, 2.75) is 45.1 Å². The van der Waals surface area contributed by atoms with Crippen LogP contribution < -0.4 is 15.9 Å². The van der Waals surface area contributed by atoms with Gasteiger partial charge in [-0.05, 0) is 63.0 Å². The third-order valence-corrected chi connectivity index (χ3v) is 7.17. The third-order valence-electron chi connectivity index (χ3n) is 7.17. The summed E-state index contributed by atoms with van der Waals surface area (Å²) >= 11 is 0. The molecule has 2 aromatic carbocycles. The van der Waals surface area contributed by atoms with E-state index in [2.05, 4.69) is 51.4 Å². The van der Waals surface area contributed by atoms with E-state index in [0.29, 0.717) is 5.92 Å². The molecule has 1 saturated heterocycles. The van der Waals surface area contributed by atoms with Gasteiger partial charge in [-0.25, -0.2) is 4.79 Å². The van der Waals surface area contributed by atoms with Crippen LogP contribution >= 0.6 is 0 Å². The van der Waals surface area contributed by atoms with E-state index in [1.807, 2.05) is 22.8 Å². The lowest BCUT2D eigenvalue weighted by atomic mass is 9.89. The Morgan fingerprint density at radius 2 is 1.78 bits per heavy atom. The lowest BCUT2D eigenvalue weighted by Gasteiger charge is -2.27. The standard InChI is InChI=1S/C26H35N5O/c1-29-13-8-14-30(16-15-29)24-18-25-23(17-22(24)27-21-11-6-3-7-12-21)28-26(32)31(25)19-20-9-4-2-5-10-20/h3,6-7,11-12,17-18,20,27H,2,4-5,8-10,13-16,19H2,1H3,(H,28,32). The van der Waals surface area contributed by atoms with Crippen LogP contribution in [-0.4, -0.2) is 47.7 Å². The van der Waals surface area contributed by atoms with Crippen molar-refractivity contribution in [3.8, 4) is 0 Å². The average Bonchev–Trinajstić information content (AvgIpc) is 2.96. The third kappa shape index (κ3) is 4.56. The molecule has 0 atom stereocenters. The molecule has 3 aromatic rings. The van der Waals surface area contributed by atoms with Gasteiger partial charge in [-0.3, -0.25) is 4.57 Å². The molecule has 2 aliphatic rings. The number of nitrogens with zero attached hydrogens (tertiary/aromatic N) is 3. The largest absolute Gasteiger partial charge is 0.368 e.